The lowest BCUT2D eigenvalue weighted by atomic mass is 9.88. The first-order chi connectivity index (χ1) is 18.3. The Morgan fingerprint density at radius 3 is 2.61 bits per heavy atom. The highest BCUT2D eigenvalue weighted by molar-refractivity contribution is 7.17. The molecule has 0 saturated heterocycles. The number of anilines is 1. The topological polar surface area (TPSA) is 94.8 Å². The Hall–Kier alpha value is -3.91. The van der Waals surface area contributed by atoms with Crippen molar-refractivity contribution in [2.75, 3.05) is 19.0 Å². The van der Waals surface area contributed by atoms with Crippen LogP contribution in [0.2, 0.25) is 0 Å². The molecule has 0 aliphatic heterocycles. The number of carbonyl (C=O) groups is 2. The van der Waals surface area contributed by atoms with Crippen molar-refractivity contribution in [2.24, 2.45) is 5.92 Å². The second-order valence-corrected chi connectivity index (χ2v) is 10.9. The zero-order valence-corrected chi connectivity index (χ0v) is 22.6. The minimum atomic E-state index is -0.486. The van der Waals surface area contributed by atoms with Crippen LogP contribution >= 0.6 is 11.3 Å². The van der Waals surface area contributed by atoms with Crippen molar-refractivity contribution in [3.8, 4) is 17.1 Å². The highest BCUT2D eigenvalue weighted by atomic mass is 32.1. The lowest BCUT2D eigenvalue weighted by Crippen LogP contribution is -2.23. The van der Waals surface area contributed by atoms with Crippen molar-refractivity contribution in [3.05, 3.63) is 79.8 Å². The first-order valence-corrected chi connectivity index (χ1v) is 13.4. The summed E-state index contributed by atoms with van der Waals surface area (Å²) in [6.45, 7) is 5.63. The predicted octanol–water partition coefficient (Wildman–Crippen LogP) is 6.07. The molecular weight excluding hydrogens is 502 g/mol. The van der Waals surface area contributed by atoms with Gasteiger partial charge in [0.25, 0.3) is 5.91 Å². The van der Waals surface area contributed by atoms with E-state index < -0.39 is 18.5 Å². The van der Waals surface area contributed by atoms with E-state index in [4.69, 9.17) is 13.9 Å². The van der Waals surface area contributed by atoms with E-state index in [1.54, 1.807) is 6.07 Å². The molecule has 38 heavy (non-hydrogen) atoms. The predicted molar refractivity (Wildman–Crippen MR) is 148 cm³/mol. The van der Waals surface area contributed by atoms with Gasteiger partial charge in [-0.2, -0.15) is 0 Å². The monoisotopic (exact) mass is 531 g/mol. The van der Waals surface area contributed by atoms with Gasteiger partial charge in [0.2, 0.25) is 11.2 Å². The molecule has 0 fully saturated rings. The van der Waals surface area contributed by atoms with Crippen molar-refractivity contribution in [3.63, 3.8) is 0 Å². The molecule has 2 heterocycles. The number of esters is 1. The molecule has 1 amide bonds. The molecule has 1 unspecified atom stereocenters. The fraction of sp³-hybridized carbons (Fsp3) is 0.300. The number of methoxy groups -OCH3 is 1. The molecule has 0 radical (unpaired) electrons. The van der Waals surface area contributed by atoms with Gasteiger partial charge in [-0.05, 0) is 67.9 Å². The summed E-state index contributed by atoms with van der Waals surface area (Å²) in [7, 11) is 1.33. The molecule has 1 aliphatic carbocycles. The zero-order chi connectivity index (χ0) is 27.0. The highest BCUT2D eigenvalue weighted by Crippen LogP contribution is 2.40. The lowest BCUT2D eigenvalue weighted by Gasteiger charge is -2.18. The minimum absolute atomic E-state index is 0.0328. The quantitative estimate of drug-likeness (QED) is 0.304. The van der Waals surface area contributed by atoms with E-state index in [0.29, 0.717) is 33.0 Å². The Kier molecular flexibility index (Phi) is 7.08. The SMILES string of the molecule is COC(=O)c1c(NC(=O)COc2c(-c3ccccc3)oc3cc(C)c(C)cc3c2=O)sc2c1CCC(C)C2. The standard InChI is InChI=1S/C30H29NO6S/c1-16-10-11-20-23(12-16)38-29(25(20)30(34)35-4)31-24(32)15-36-28-26(33)21-13-17(2)18(3)14-22(21)37-27(28)19-8-6-5-7-9-19/h5-9,13-14,16H,10-12,15H2,1-4H3,(H,31,32). The van der Waals surface area contributed by atoms with Crippen molar-refractivity contribution in [2.45, 2.75) is 40.0 Å². The van der Waals surface area contributed by atoms with Crippen molar-refractivity contribution in [1.29, 1.82) is 0 Å². The van der Waals surface area contributed by atoms with Crippen LogP contribution in [0.15, 0.2) is 51.7 Å². The summed E-state index contributed by atoms with van der Waals surface area (Å²) in [5.74, 6) is -0.222. The molecule has 0 saturated carbocycles. The van der Waals surface area contributed by atoms with E-state index in [0.717, 1.165) is 40.8 Å². The molecule has 1 N–H and O–H groups in total. The van der Waals surface area contributed by atoms with Crippen LogP contribution in [0.3, 0.4) is 0 Å². The summed E-state index contributed by atoms with van der Waals surface area (Å²) in [5.41, 5.74) is 4.08. The number of carbonyl (C=O) groups excluding carboxylic acids is 2. The first-order valence-electron chi connectivity index (χ1n) is 12.6. The van der Waals surface area contributed by atoms with Gasteiger partial charge in [0.1, 0.15) is 10.6 Å². The number of amides is 1. The van der Waals surface area contributed by atoms with Gasteiger partial charge < -0.3 is 19.2 Å². The average Bonchev–Trinajstić information content (AvgIpc) is 3.25. The number of nitrogens with one attached hydrogen (secondary N) is 1. The molecule has 196 valence electrons. The Morgan fingerprint density at radius 1 is 1.13 bits per heavy atom. The molecular formula is C30H29NO6S. The van der Waals surface area contributed by atoms with Gasteiger partial charge in [0, 0.05) is 10.4 Å². The van der Waals surface area contributed by atoms with Crippen LogP contribution in [0, 0.1) is 19.8 Å². The van der Waals surface area contributed by atoms with E-state index in [-0.39, 0.29) is 16.9 Å². The molecule has 7 nitrogen and oxygen atoms in total. The van der Waals surface area contributed by atoms with Gasteiger partial charge in [-0.3, -0.25) is 9.59 Å². The van der Waals surface area contributed by atoms with Gasteiger partial charge in [-0.15, -0.1) is 11.3 Å². The third kappa shape index (κ3) is 4.84. The number of benzene rings is 2. The molecule has 4 aromatic rings. The normalized spacial score (nSPS) is 14.7. The number of hydrogen-bond acceptors (Lipinski definition) is 7. The number of ether oxygens (including phenoxy) is 2. The van der Waals surface area contributed by atoms with E-state index in [1.165, 1.54) is 18.4 Å². The molecule has 0 bridgehead atoms. The molecule has 8 heteroatoms. The van der Waals surface area contributed by atoms with Crippen LogP contribution in [-0.4, -0.2) is 25.6 Å². The van der Waals surface area contributed by atoms with E-state index in [2.05, 4.69) is 12.2 Å². The van der Waals surface area contributed by atoms with Crippen LogP contribution in [0.25, 0.3) is 22.3 Å². The highest BCUT2D eigenvalue weighted by Gasteiger charge is 2.29. The molecule has 1 atom stereocenters. The number of hydrogen-bond donors (Lipinski definition) is 1. The Bertz CT molecular complexity index is 1600. The molecule has 1 aliphatic rings. The largest absolute Gasteiger partial charge is 0.476 e. The number of rotatable bonds is 6. The number of aryl methyl sites for hydroxylation is 2. The van der Waals surface area contributed by atoms with E-state index >= 15 is 0 Å². The molecule has 2 aromatic carbocycles. The van der Waals surface area contributed by atoms with Gasteiger partial charge in [-0.1, -0.05) is 37.3 Å². The minimum Gasteiger partial charge on any atom is -0.476 e. The maximum atomic E-state index is 13.5. The lowest BCUT2D eigenvalue weighted by molar-refractivity contribution is -0.118. The second kappa shape index (κ2) is 10.5. The molecule has 2 aromatic heterocycles. The second-order valence-electron chi connectivity index (χ2n) is 9.77. The van der Waals surface area contributed by atoms with Gasteiger partial charge in [-0.25, -0.2) is 4.79 Å². The first kappa shape index (κ1) is 25.7. The summed E-state index contributed by atoms with van der Waals surface area (Å²) in [6, 6.07) is 12.8. The number of fused-ring (bicyclic) bond motifs is 2. The van der Waals surface area contributed by atoms with Crippen LogP contribution in [-0.2, 0) is 22.4 Å². The molecule has 0 spiro atoms. The van der Waals surface area contributed by atoms with Crippen LogP contribution in [0.1, 0.15) is 45.3 Å². The van der Waals surface area contributed by atoms with Gasteiger partial charge >= 0.3 is 5.97 Å². The third-order valence-electron chi connectivity index (χ3n) is 7.00. The zero-order valence-electron chi connectivity index (χ0n) is 21.8. The van der Waals surface area contributed by atoms with Crippen LogP contribution in [0.5, 0.6) is 5.75 Å². The van der Waals surface area contributed by atoms with Crippen molar-refractivity contribution in [1.82, 2.24) is 0 Å². The maximum Gasteiger partial charge on any atom is 0.341 e. The summed E-state index contributed by atoms with van der Waals surface area (Å²) in [5, 5.41) is 3.66. The third-order valence-corrected chi connectivity index (χ3v) is 8.17. The fourth-order valence-electron chi connectivity index (χ4n) is 4.80. The summed E-state index contributed by atoms with van der Waals surface area (Å²) < 4.78 is 17.0. The summed E-state index contributed by atoms with van der Waals surface area (Å²) in [4.78, 5) is 40.2. The van der Waals surface area contributed by atoms with Crippen molar-refractivity contribution < 1.29 is 23.5 Å². The Labute approximate surface area is 224 Å². The fourth-order valence-corrected chi connectivity index (χ4v) is 6.22. The Morgan fingerprint density at radius 2 is 1.87 bits per heavy atom. The number of thiophene rings is 1. The smallest absolute Gasteiger partial charge is 0.341 e. The molecule has 5 rings (SSSR count). The van der Waals surface area contributed by atoms with Crippen LogP contribution < -0.4 is 15.5 Å². The maximum absolute atomic E-state index is 13.5. The summed E-state index contributed by atoms with van der Waals surface area (Å²) >= 11 is 1.40. The van der Waals surface area contributed by atoms with Gasteiger partial charge in [0.05, 0.1) is 18.1 Å². The van der Waals surface area contributed by atoms with Gasteiger partial charge in [0.15, 0.2) is 12.4 Å². The summed E-state index contributed by atoms with van der Waals surface area (Å²) in [6.07, 6.45) is 2.60. The van der Waals surface area contributed by atoms with E-state index in [1.807, 2.05) is 50.2 Å². The Balaban J connectivity index is 1.47. The average molecular weight is 532 g/mol. The van der Waals surface area contributed by atoms with E-state index in [9.17, 15) is 14.4 Å². The van der Waals surface area contributed by atoms with Crippen molar-refractivity contribution >= 4 is 39.2 Å². The van der Waals surface area contributed by atoms with Crippen LogP contribution in [0.4, 0.5) is 5.00 Å².